The van der Waals surface area contributed by atoms with Crippen molar-refractivity contribution in [2.45, 2.75) is 32.4 Å². The van der Waals surface area contributed by atoms with Gasteiger partial charge in [0.2, 0.25) is 0 Å². The van der Waals surface area contributed by atoms with Crippen molar-refractivity contribution in [1.82, 2.24) is 9.78 Å². The summed E-state index contributed by atoms with van der Waals surface area (Å²) in [6, 6.07) is 1.04. The van der Waals surface area contributed by atoms with Crippen LogP contribution in [0.1, 0.15) is 10.5 Å². The lowest BCUT2D eigenvalue weighted by molar-refractivity contribution is 0.0583. The first-order valence-electron chi connectivity index (χ1n) is 5.94. The lowest BCUT2D eigenvalue weighted by atomic mass is 10.4. The number of ether oxygens (including phenoxy) is 2. The van der Waals surface area contributed by atoms with Gasteiger partial charge in [-0.25, -0.2) is 9.48 Å². The van der Waals surface area contributed by atoms with Gasteiger partial charge < -0.3 is 9.47 Å². The van der Waals surface area contributed by atoms with Crippen molar-refractivity contribution in [3.05, 3.63) is 16.8 Å². The Morgan fingerprint density at radius 1 is 1.47 bits per heavy atom. The van der Waals surface area contributed by atoms with Crippen LogP contribution in [-0.4, -0.2) is 37.5 Å². The van der Waals surface area contributed by atoms with E-state index in [1.807, 2.05) is 0 Å². The number of nitroso groups, excluding NO2 is 1. The highest BCUT2D eigenvalue weighted by Crippen LogP contribution is 2.18. The van der Waals surface area contributed by atoms with E-state index < -0.39 is 14.0 Å². The van der Waals surface area contributed by atoms with E-state index in [2.05, 4.69) is 34.7 Å². The van der Waals surface area contributed by atoms with E-state index in [0.717, 1.165) is 6.04 Å². The largest absolute Gasteiger partial charge is 0.464 e. The van der Waals surface area contributed by atoms with Crippen LogP contribution in [0.5, 0.6) is 0 Å². The zero-order valence-corrected chi connectivity index (χ0v) is 12.7. The summed E-state index contributed by atoms with van der Waals surface area (Å²) in [5.74, 6) is -0.685. The Kier molecular flexibility index (Phi) is 5.37. The summed E-state index contributed by atoms with van der Waals surface area (Å²) >= 11 is 0. The molecule has 0 unspecified atom stereocenters. The van der Waals surface area contributed by atoms with Crippen LogP contribution in [0.3, 0.4) is 0 Å². The van der Waals surface area contributed by atoms with Crippen LogP contribution in [0.15, 0.2) is 11.4 Å². The number of methoxy groups -OCH3 is 1. The molecule has 0 atom stereocenters. The summed E-state index contributed by atoms with van der Waals surface area (Å²) in [6.07, 6.45) is 1.37. The summed E-state index contributed by atoms with van der Waals surface area (Å²) in [5.41, 5.74) is -0.132. The third-order valence-corrected chi connectivity index (χ3v) is 4.14. The van der Waals surface area contributed by atoms with Gasteiger partial charge in [-0.3, -0.25) is 0 Å². The average molecular weight is 285 g/mol. The van der Waals surface area contributed by atoms with E-state index in [1.165, 1.54) is 18.0 Å². The van der Waals surface area contributed by atoms with Crippen LogP contribution in [0.4, 0.5) is 5.69 Å². The Hall–Kier alpha value is -1.54. The topological polar surface area (TPSA) is 82.8 Å². The van der Waals surface area contributed by atoms with Gasteiger partial charge in [0, 0.05) is 14.7 Å². The lowest BCUT2D eigenvalue weighted by Gasteiger charge is -2.15. The zero-order chi connectivity index (χ0) is 14.5. The summed E-state index contributed by atoms with van der Waals surface area (Å²) in [5, 5.41) is 6.67. The van der Waals surface area contributed by atoms with Gasteiger partial charge in [-0.2, -0.15) is 5.10 Å². The first kappa shape index (κ1) is 15.5. The standard InChI is InChI=1S/C11H19N3O4Si/c1-17-11(15)10-9(13-16)7-14(12-10)8-18-5-6-19(2,3)4/h7H,5-6,8H2,1-4H3. The van der Waals surface area contributed by atoms with Gasteiger partial charge in [0.1, 0.15) is 6.73 Å². The van der Waals surface area contributed by atoms with Crippen molar-refractivity contribution in [2.75, 3.05) is 13.7 Å². The van der Waals surface area contributed by atoms with Crippen molar-refractivity contribution in [1.29, 1.82) is 0 Å². The summed E-state index contributed by atoms with van der Waals surface area (Å²) in [7, 11) is 0.0937. The molecule has 0 spiro atoms. The van der Waals surface area contributed by atoms with Gasteiger partial charge >= 0.3 is 5.97 Å². The summed E-state index contributed by atoms with van der Waals surface area (Å²) < 4.78 is 11.3. The number of carbonyl (C=O) groups is 1. The molecule has 1 heterocycles. The minimum absolute atomic E-state index is 0.0411. The second-order valence-corrected chi connectivity index (χ2v) is 11.0. The van der Waals surface area contributed by atoms with Crippen LogP contribution < -0.4 is 0 Å². The molecule has 0 aliphatic heterocycles. The average Bonchev–Trinajstić information content (AvgIpc) is 2.76. The molecule has 0 aliphatic carbocycles. The number of esters is 1. The number of rotatable bonds is 7. The van der Waals surface area contributed by atoms with Gasteiger partial charge in [0.05, 0.1) is 13.3 Å². The fourth-order valence-corrected chi connectivity index (χ4v) is 2.08. The molecule has 1 aromatic rings. The fourth-order valence-electron chi connectivity index (χ4n) is 1.32. The minimum Gasteiger partial charge on any atom is -0.464 e. The monoisotopic (exact) mass is 285 g/mol. The van der Waals surface area contributed by atoms with Crippen LogP contribution in [-0.2, 0) is 16.2 Å². The first-order valence-corrected chi connectivity index (χ1v) is 9.65. The molecule has 0 aliphatic rings. The third-order valence-electron chi connectivity index (χ3n) is 2.44. The number of aromatic nitrogens is 2. The maximum Gasteiger partial charge on any atom is 0.360 e. The lowest BCUT2D eigenvalue weighted by Crippen LogP contribution is -2.22. The van der Waals surface area contributed by atoms with E-state index >= 15 is 0 Å². The molecule has 0 aromatic carbocycles. The Bertz CT molecular complexity index is 453. The second-order valence-electron chi connectivity index (χ2n) is 5.33. The first-order chi connectivity index (χ1) is 8.87. The van der Waals surface area contributed by atoms with Gasteiger partial charge in [0.15, 0.2) is 11.4 Å². The fraction of sp³-hybridized carbons (Fsp3) is 0.636. The van der Waals surface area contributed by atoms with Crippen LogP contribution in [0, 0.1) is 4.91 Å². The predicted octanol–water partition coefficient (Wildman–Crippen LogP) is 2.38. The van der Waals surface area contributed by atoms with Gasteiger partial charge in [0.25, 0.3) is 0 Å². The predicted molar refractivity (Wildman–Crippen MR) is 73.1 cm³/mol. The highest BCUT2D eigenvalue weighted by molar-refractivity contribution is 6.76. The van der Waals surface area contributed by atoms with E-state index in [1.54, 1.807) is 0 Å². The molecule has 0 saturated heterocycles. The molecule has 1 aromatic heterocycles. The van der Waals surface area contributed by atoms with Crippen LogP contribution in [0.2, 0.25) is 25.7 Å². The molecular weight excluding hydrogens is 266 g/mol. The molecule has 106 valence electrons. The molecule has 8 heteroatoms. The molecule has 0 amide bonds. The van der Waals surface area contributed by atoms with Crippen molar-refractivity contribution < 1.29 is 14.3 Å². The van der Waals surface area contributed by atoms with Gasteiger partial charge in [-0.05, 0) is 11.2 Å². The molecule has 1 rings (SSSR count). The SMILES string of the molecule is COC(=O)c1nn(COCC[Si](C)(C)C)cc1N=O. The van der Waals surface area contributed by atoms with E-state index in [0.29, 0.717) is 6.61 Å². The Morgan fingerprint density at radius 3 is 2.68 bits per heavy atom. The van der Waals surface area contributed by atoms with Crippen LogP contribution >= 0.6 is 0 Å². The number of hydrogen-bond acceptors (Lipinski definition) is 6. The Balaban J connectivity index is 2.58. The molecule has 19 heavy (non-hydrogen) atoms. The zero-order valence-electron chi connectivity index (χ0n) is 11.7. The van der Waals surface area contributed by atoms with E-state index in [4.69, 9.17) is 4.74 Å². The molecule has 0 bridgehead atoms. The maximum atomic E-state index is 11.3. The number of nitrogens with zero attached hydrogens (tertiary/aromatic N) is 3. The Morgan fingerprint density at radius 2 is 2.16 bits per heavy atom. The van der Waals surface area contributed by atoms with Gasteiger partial charge in [-0.15, -0.1) is 4.91 Å². The quantitative estimate of drug-likeness (QED) is 0.332. The third kappa shape index (κ3) is 4.91. The summed E-state index contributed by atoms with van der Waals surface area (Å²) in [6.45, 7) is 7.59. The molecular formula is C11H19N3O4Si. The Labute approximate surface area is 112 Å². The molecule has 0 N–H and O–H groups in total. The van der Waals surface area contributed by atoms with E-state index in [9.17, 15) is 9.70 Å². The van der Waals surface area contributed by atoms with Crippen molar-refractivity contribution >= 4 is 19.7 Å². The molecule has 7 nitrogen and oxygen atoms in total. The molecule has 0 radical (unpaired) electrons. The highest BCUT2D eigenvalue weighted by Gasteiger charge is 2.18. The smallest absolute Gasteiger partial charge is 0.360 e. The molecule has 0 fully saturated rings. The second kappa shape index (κ2) is 6.57. The number of carbonyl (C=O) groups excluding carboxylic acids is 1. The van der Waals surface area contributed by atoms with Crippen molar-refractivity contribution in [3.8, 4) is 0 Å². The highest BCUT2D eigenvalue weighted by atomic mass is 28.3. The van der Waals surface area contributed by atoms with E-state index in [-0.39, 0.29) is 18.1 Å². The van der Waals surface area contributed by atoms with Crippen molar-refractivity contribution in [3.63, 3.8) is 0 Å². The maximum absolute atomic E-state index is 11.3. The molecule has 0 saturated carbocycles. The normalized spacial score (nSPS) is 11.4. The van der Waals surface area contributed by atoms with Crippen LogP contribution in [0.25, 0.3) is 0 Å². The summed E-state index contributed by atoms with van der Waals surface area (Å²) in [4.78, 5) is 21.9. The number of hydrogen-bond donors (Lipinski definition) is 0. The minimum atomic E-state index is -1.13. The van der Waals surface area contributed by atoms with Gasteiger partial charge in [-0.1, -0.05) is 19.6 Å². The van der Waals surface area contributed by atoms with Crippen molar-refractivity contribution in [2.24, 2.45) is 5.18 Å².